The lowest BCUT2D eigenvalue weighted by Gasteiger charge is -2.33. The Morgan fingerprint density at radius 1 is 1.21 bits per heavy atom. The maximum absolute atomic E-state index is 13.8. The Bertz CT molecular complexity index is 1170. The first-order valence-corrected chi connectivity index (χ1v) is 11.0. The summed E-state index contributed by atoms with van der Waals surface area (Å²) in [6.07, 6.45) is 0.684. The summed E-state index contributed by atoms with van der Waals surface area (Å²) in [6, 6.07) is 18.4. The smallest absolute Gasteiger partial charge is 0.335 e. The molecule has 7 heteroatoms. The SMILES string of the molecule is COc1cc([C@@H](C)NC[C@H]2C[C@@H](c3ccc(C(=O)O)c(C)c3)c3ccccc3O2)ccc1F.Cl. The van der Waals surface area contributed by atoms with Crippen LogP contribution in [0.1, 0.15) is 57.9 Å². The zero-order chi connectivity index (χ0) is 23.5. The maximum atomic E-state index is 13.8. The van der Waals surface area contributed by atoms with E-state index in [1.54, 1.807) is 18.2 Å². The molecule has 1 aliphatic heterocycles. The standard InChI is InChI=1S/C27H28FNO4.ClH/c1-16-12-19(8-10-21(16)27(30)31)23-14-20(33-25-7-5-4-6-22(23)25)15-29-17(2)18-9-11-24(28)26(13-18)32-3;/h4-13,17,20,23,29H,14-15H2,1-3H3,(H,30,31);1H/t17-,20-,23+;/m1./s1. The first-order chi connectivity index (χ1) is 15.9. The topological polar surface area (TPSA) is 67.8 Å². The van der Waals surface area contributed by atoms with Crippen LogP contribution in [0.2, 0.25) is 0 Å². The van der Waals surface area contributed by atoms with Crippen LogP contribution in [0, 0.1) is 12.7 Å². The fourth-order valence-corrected chi connectivity index (χ4v) is 4.45. The molecule has 3 aromatic rings. The highest BCUT2D eigenvalue weighted by Gasteiger charge is 2.30. The monoisotopic (exact) mass is 485 g/mol. The molecule has 180 valence electrons. The van der Waals surface area contributed by atoms with Gasteiger partial charge in [-0.25, -0.2) is 9.18 Å². The first-order valence-electron chi connectivity index (χ1n) is 11.0. The largest absolute Gasteiger partial charge is 0.494 e. The Morgan fingerprint density at radius 2 is 1.97 bits per heavy atom. The van der Waals surface area contributed by atoms with E-state index in [4.69, 9.17) is 9.47 Å². The second-order valence-electron chi connectivity index (χ2n) is 8.47. The molecule has 4 rings (SSSR count). The highest BCUT2D eigenvalue weighted by molar-refractivity contribution is 5.89. The summed E-state index contributed by atoms with van der Waals surface area (Å²) in [4.78, 5) is 11.4. The van der Waals surface area contributed by atoms with Gasteiger partial charge in [0, 0.05) is 24.1 Å². The van der Waals surface area contributed by atoms with Gasteiger partial charge < -0.3 is 19.9 Å². The fourth-order valence-electron chi connectivity index (χ4n) is 4.45. The molecule has 5 nitrogen and oxygen atoms in total. The number of carboxylic acids is 1. The van der Waals surface area contributed by atoms with Crippen molar-refractivity contribution in [3.63, 3.8) is 0 Å². The summed E-state index contributed by atoms with van der Waals surface area (Å²) in [6.45, 7) is 4.46. The van der Waals surface area contributed by atoms with Gasteiger partial charge in [-0.05, 0) is 61.2 Å². The van der Waals surface area contributed by atoms with Crippen LogP contribution in [0.15, 0.2) is 60.7 Å². The van der Waals surface area contributed by atoms with Gasteiger partial charge in [0.15, 0.2) is 11.6 Å². The molecule has 0 aliphatic carbocycles. The minimum atomic E-state index is -0.917. The van der Waals surface area contributed by atoms with E-state index < -0.39 is 5.97 Å². The average Bonchev–Trinajstić information content (AvgIpc) is 2.82. The van der Waals surface area contributed by atoms with Crippen molar-refractivity contribution in [1.82, 2.24) is 5.32 Å². The van der Waals surface area contributed by atoms with Crippen LogP contribution < -0.4 is 14.8 Å². The van der Waals surface area contributed by atoms with Gasteiger partial charge in [-0.1, -0.05) is 36.4 Å². The molecule has 3 atom stereocenters. The summed E-state index contributed by atoms with van der Waals surface area (Å²) in [7, 11) is 1.46. The number of rotatable bonds is 7. The zero-order valence-electron chi connectivity index (χ0n) is 19.4. The summed E-state index contributed by atoms with van der Waals surface area (Å²) in [5.41, 5.74) is 4.18. The predicted molar refractivity (Wildman–Crippen MR) is 132 cm³/mol. The zero-order valence-corrected chi connectivity index (χ0v) is 20.2. The van der Waals surface area contributed by atoms with Crippen LogP contribution in [0.5, 0.6) is 11.5 Å². The molecule has 3 aromatic carbocycles. The quantitative estimate of drug-likeness (QED) is 0.436. The molecule has 34 heavy (non-hydrogen) atoms. The van der Waals surface area contributed by atoms with Gasteiger partial charge in [0.05, 0.1) is 12.7 Å². The molecular formula is C27H29ClFNO4. The van der Waals surface area contributed by atoms with E-state index >= 15 is 0 Å². The van der Waals surface area contributed by atoms with Crippen molar-refractivity contribution < 1.29 is 23.8 Å². The first kappa shape index (κ1) is 25.5. The summed E-state index contributed by atoms with van der Waals surface area (Å²) in [5, 5.41) is 12.9. The van der Waals surface area contributed by atoms with Crippen molar-refractivity contribution in [1.29, 1.82) is 0 Å². The third-order valence-electron chi connectivity index (χ3n) is 6.30. The van der Waals surface area contributed by atoms with E-state index in [9.17, 15) is 14.3 Å². The van der Waals surface area contributed by atoms with Gasteiger partial charge in [0.25, 0.3) is 0 Å². The molecule has 2 N–H and O–H groups in total. The molecule has 0 unspecified atom stereocenters. The Morgan fingerprint density at radius 3 is 2.68 bits per heavy atom. The van der Waals surface area contributed by atoms with Crippen LogP contribution in [0.3, 0.4) is 0 Å². The van der Waals surface area contributed by atoms with Crippen molar-refractivity contribution in [2.75, 3.05) is 13.7 Å². The van der Waals surface area contributed by atoms with Crippen molar-refractivity contribution in [2.24, 2.45) is 0 Å². The number of ether oxygens (including phenoxy) is 2. The Kier molecular flexibility index (Phi) is 8.18. The van der Waals surface area contributed by atoms with Crippen LogP contribution in [0.25, 0.3) is 0 Å². The molecule has 0 spiro atoms. The van der Waals surface area contributed by atoms with Crippen LogP contribution in [0.4, 0.5) is 4.39 Å². The third-order valence-corrected chi connectivity index (χ3v) is 6.30. The summed E-state index contributed by atoms with van der Waals surface area (Å²) >= 11 is 0. The minimum Gasteiger partial charge on any atom is -0.494 e. The van der Waals surface area contributed by atoms with Gasteiger partial charge in [0.2, 0.25) is 0 Å². The Hall–Kier alpha value is -3.09. The average molecular weight is 486 g/mol. The van der Waals surface area contributed by atoms with Gasteiger partial charge in [-0.3, -0.25) is 0 Å². The molecule has 0 fully saturated rings. The number of aryl methyl sites for hydroxylation is 1. The second kappa shape index (κ2) is 10.9. The molecule has 1 aliphatic rings. The summed E-state index contributed by atoms with van der Waals surface area (Å²) < 4.78 is 25.1. The molecule has 0 aromatic heterocycles. The Balaban J connectivity index is 0.00000324. The van der Waals surface area contributed by atoms with Crippen molar-refractivity contribution in [2.45, 2.75) is 38.3 Å². The van der Waals surface area contributed by atoms with Crippen molar-refractivity contribution in [3.8, 4) is 11.5 Å². The van der Waals surface area contributed by atoms with Crippen molar-refractivity contribution >= 4 is 18.4 Å². The number of carbonyl (C=O) groups is 1. The number of nitrogens with one attached hydrogen (secondary N) is 1. The number of carboxylic acid groups (broad SMARTS) is 1. The van der Waals surface area contributed by atoms with E-state index in [-0.39, 0.29) is 42.0 Å². The number of aromatic carboxylic acids is 1. The van der Waals surface area contributed by atoms with E-state index in [0.717, 1.165) is 34.4 Å². The molecule has 0 saturated carbocycles. The number of methoxy groups -OCH3 is 1. The maximum Gasteiger partial charge on any atom is 0.335 e. The highest BCUT2D eigenvalue weighted by Crippen LogP contribution is 2.40. The van der Waals surface area contributed by atoms with Crippen LogP contribution in [-0.2, 0) is 0 Å². The molecular weight excluding hydrogens is 457 g/mol. The number of halogens is 2. The number of hydrogen-bond acceptors (Lipinski definition) is 4. The lowest BCUT2D eigenvalue weighted by Crippen LogP contribution is -2.37. The van der Waals surface area contributed by atoms with E-state index in [1.807, 2.05) is 44.2 Å². The molecule has 0 bridgehead atoms. The lowest BCUT2D eigenvalue weighted by molar-refractivity contribution is 0.0696. The predicted octanol–water partition coefficient (Wildman–Crippen LogP) is 5.90. The van der Waals surface area contributed by atoms with Gasteiger partial charge in [0.1, 0.15) is 11.9 Å². The van der Waals surface area contributed by atoms with Gasteiger partial charge >= 0.3 is 5.97 Å². The van der Waals surface area contributed by atoms with E-state index in [0.29, 0.717) is 12.1 Å². The molecule has 0 amide bonds. The van der Waals surface area contributed by atoms with E-state index in [2.05, 4.69) is 11.4 Å². The highest BCUT2D eigenvalue weighted by atomic mass is 35.5. The number of benzene rings is 3. The Labute approximate surface area is 205 Å². The van der Waals surface area contributed by atoms with E-state index in [1.165, 1.54) is 13.2 Å². The number of fused-ring (bicyclic) bond motifs is 1. The normalized spacial score (nSPS) is 17.6. The molecule has 0 saturated heterocycles. The van der Waals surface area contributed by atoms with Crippen molar-refractivity contribution in [3.05, 3.63) is 94.3 Å². The second-order valence-corrected chi connectivity index (χ2v) is 8.47. The molecule has 0 radical (unpaired) electrons. The number of para-hydroxylation sites is 1. The van der Waals surface area contributed by atoms with Gasteiger partial charge in [-0.2, -0.15) is 0 Å². The fraction of sp³-hybridized carbons (Fsp3) is 0.296. The van der Waals surface area contributed by atoms with Crippen LogP contribution in [-0.4, -0.2) is 30.8 Å². The molecule has 1 heterocycles. The number of hydrogen-bond donors (Lipinski definition) is 2. The minimum absolute atomic E-state index is 0. The summed E-state index contributed by atoms with van der Waals surface area (Å²) in [5.74, 6) is -0.127. The van der Waals surface area contributed by atoms with Gasteiger partial charge in [-0.15, -0.1) is 12.4 Å². The van der Waals surface area contributed by atoms with Crippen LogP contribution >= 0.6 is 12.4 Å². The third kappa shape index (κ3) is 5.34. The lowest BCUT2D eigenvalue weighted by atomic mass is 9.83.